The molecule has 1 amide bonds. The Kier molecular flexibility index (Phi) is 5.71. The number of carbonyl (C=O) groups is 1. The van der Waals surface area contributed by atoms with Gasteiger partial charge in [0.1, 0.15) is 11.6 Å². The number of amides is 1. The zero-order chi connectivity index (χ0) is 19.2. The van der Waals surface area contributed by atoms with Crippen molar-refractivity contribution in [2.45, 2.75) is 19.8 Å². The minimum Gasteiger partial charge on any atom is -0.495 e. The minimum atomic E-state index is -0.222. The molecule has 27 heavy (non-hydrogen) atoms. The number of carbonyl (C=O) groups excluding carboxylic acids is 1. The number of rotatable bonds is 6. The Morgan fingerprint density at radius 1 is 1.04 bits per heavy atom. The second-order valence-corrected chi connectivity index (χ2v) is 6.49. The van der Waals surface area contributed by atoms with Gasteiger partial charge < -0.3 is 15.4 Å². The monoisotopic (exact) mass is 361 g/mol. The van der Waals surface area contributed by atoms with Crippen molar-refractivity contribution in [2.24, 2.45) is 0 Å². The van der Waals surface area contributed by atoms with E-state index in [1.54, 1.807) is 37.6 Å². The van der Waals surface area contributed by atoms with Crippen LogP contribution in [0, 0.1) is 0 Å². The van der Waals surface area contributed by atoms with Gasteiger partial charge in [-0.1, -0.05) is 38.1 Å². The third-order valence-electron chi connectivity index (χ3n) is 4.23. The van der Waals surface area contributed by atoms with Crippen LogP contribution in [0.1, 0.15) is 35.7 Å². The van der Waals surface area contributed by atoms with Crippen LogP contribution in [0.5, 0.6) is 5.75 Å². The number of methoxy groups -OCH3 is 1. The summed E-state index contributed by atoms with van der Waals surface area (Å²) in [4.78, 5) is 16.9. The lowest BCUT2D eigenvalue weighted by Crippen LogP contribution is -2.13. The van der Waals surface area contributed by atoms with Crippen molar-refractivity contribution in [1.82, 2.24) is 4.98 Å². The smallest absolute Gasteiger partial charge is 0.255 e. The van der Waals surface area contributed by atoms with Crippen LogP contribution in [0.3, 0.4) is 0 Å². The van der Waals surface area contributed by atoms with Gasteiger partial charge in [0.15, 0.2) is 0 Å². The summed E-state index contributed by atoms with van der Waals surface area (Å²) in [5.41, 5.74) is 3.34. The number of aromatic nitrogens is 1. The Morgan fingerprint density at radius 2 is 1.78 bits per heavy atom. The highest BCUT2D eigenvalue weighted by atomic mass is 16.5. The molecule has 1 aromatic heterocycles. The van der Waals surface area contributed by atoms with E-state index in [1.165, 1.54) is 5.56 Å². The molecule has 0 aliphatic carbocycles. The first-order valence-electron chi connectivity index (χ1n) is 8.84. The second-order valence-electron chi connectivity index (χ2n) is 6.49. The molecule has 5 heteroatoms. The SMILES string of the molecule is COc1ccccc1NC(=O)c1ccnc(Nc2ccc(C(C)C)cc2)c1. The van der Waals surface area contributed by atoms with E-state index in [1.807, 2.05) is 24.3 Å². The average Bonchev–Trinajstić information content (AvgIpc) is 2.69. The van der Waals surface area contributed by atoms with Gasteiger partial charge in [-0.25, -0.2) is 4.98 Å². The first-order valence-corrected chi connectivity index (χ1v) is 8.84. The highest BCUT2D eigenvalue weighted by molar-refractivity contribution is 6.05. The fourth-order valence-electron chi connectivity index (χ4n) is 2.68. The number of nitrogens with zero attached hydrogens (tertiary/aromatic N) is 1. The molecule has 2 N–H and O–H groups in total. The van der Waals surface area contributed by atoms with Crippen molar-refractivity contribution >= 4 is 23.1 Å². The van der Waals surface area contributed by atoms with Gasteiger partial charge in [0.25, 0.3) is 5.91 Å². The maximum atomic E-state index is 12.6. The standard InChI is InChI=1S/C22H23N3O2/c1-15(2)16-8-10-18(11-9-16)24-21-14-17(12-13-23-21)22(26)25-19-6-4-5-7-20(19)27-3/h4-15H,1-3H3,(H,23,24)(H,25,26). The summed E-state index contributed by atoms with van der Waals surface area (Å²) < 4.78 is 5.27. The number of hydrogen-bond donors (Lipinski definition) is 2. The summed E-state index contributed by atoms with van der Waals surface area (Å²) in [6.07, 6.45) is 1.61. The lowest BCUT2D eigenvalue weighted by molar-refractivity contribution is 0.102. The molecule has 138 valence electrons. The van der Waals surface area contributed by atoms with Crippen LogP contribution in [0.4, 0.5) is 17.2 Å². The summed E-state index contributed by atoms with van der Waals surface area (Å²) in [5, 5.41) is 6.11. The predicted molar refractivity (Wildman–Crippen MR) is 109 cm³/mol. The average molecular weight is 361 g/mol. The highest BCUT2D eigenvalue weighted by Gasteiger charge is 2.10. The van der Waals surface area contributed by atoms with Crippen molar-refractivity contribution in [1.29, 1.82) is 0 Å². The first kappa shape index (κ1) is 18.5. The molecule has 0 saturated carbocycles. The third-order valence-corrected chi connectivity index (χ3v) is 4.23. The molecule has 0 spiro atoms. The van der Waals surface area contributed by atoms with E-state index in [0.717, 1.165) is 5.69 Å². The molecule has 0 radical (unpaired) electrons. The lowest BCUT2D eigenvalue weighted by Gasteiger charge is -2.11. The van der Waals surface area contributed by atoms with Crippen molar-refractivity contribution in [3.8, 4) is 5.75 Å². The van der Waals surface area contributed by atoms with Crippen molar-refractivity contribution in [2.75, 3.05) is 17.7 Å². The molecule has 0 aliphatic heterocycles. The molecule has 0 fully saturated rings. The Balaban J connectivity index is 1.73. The largest absolute Gasteiger partial charge is 0.495 e. The van der Waals surface area contributed by atoms with E-state index >= 15 is 0 Å². The van der Waals surface area contributed by atoms with Gasteiger partial charge in [-0.15, -0.1) is 0 Å². The predicted octanol–water partition coefficient (Wildman–Crippen LogP) is 5.21. The van der Waals surface area contributed by atoms with Crippen molar-refractivity contribution in [3.63, 3.8) is 0 Å². The van der Waals surface area contributed by atoms with E-state index in [9.17, 15) is 4.79 Å². The summed E-state index contributed by atoms with van der Waals surface area (Å²) >= 11 is 0. The number of anilines is 3. The summed E-state index contributed by atoms with van der Waals surface area (Å²) in [6.45, 7) is 4.32. The molecule has 3 rings (SSSR count). The molecule has 5 nitrogen and oxygen atoms in total. The van der Waals surface area contributed by atoms with E-state index in [4.69, 9.17) is 4.74 Å². The van der Waals surface area contributed by atoms with Crippen LogP contribution in [0.2, 0.25) is 0 Å². The van der Waals surface area contributed by atoms with Gasteiger partial charge in [0.2, 0.25) is 0 Å². The van der Waals surface area contributed by atoms with Crippen LogP contribution >= 0.6 is 0 Å². The van der Waals surface area contributed by atoms with Gasteiger partial charge in [-0.3, -0.25) is 4.79 Å². The molecular weight excluding hydrogens is 338 g/mol. The van der Waals surface area contributed by atoms with Crippen LogP contribution < -0.4 is 15.4 Å². The molecule has 0 bridgehead atoms. The zero-order valence-corrected chi connectivity index (χ0v) is 15.7. The van der Waals surface area contributed by atoms with Crippen LogP contribution in [-0.4, -0.2) is 18.0 Å². The molecule has 0 atom stereocenters. The molecule has 2 aromatic carbocycles. The van der Waals surface area contributed by atoms with Gasteiger partial charge in [0, 0.05) is 17.4 Å². The number of ether oxygens (including phenoxy) is 1. The molecule has 1 heterocycles. The Hall–Kier alpha value is -3.34. The third kappa shape index (κ3) is 4.64. The molecule has 0 unspecified atom stereocenters. The van der Waals surface area contributed by atoms with E-state index in [-0.39, 0.29) is 5.91 Å². The fraction of sp³-hybridized carbons (Fsp3) is 0.182. The Bertz CT molecular complexity index is 921. The quantitative estimate of drug-likeness (QED) is 0.633. The summed E-state index contributed by atoms with van der Waals surface area (Å²) in [7, 11) is 1.57. The maximum absolute atomic E-state index is 12.6. The molecular formula is C22H23N3O2. The fourth-order valence-corrected chi connectivity index (χ4v) is 2.68. The normalized spacial score (nSPS) is 10.5. The van der Waals surface area contributed by atoms with Gasteiger partial charge in [-0.05, 0) is 47.9 Å². The molecule has 0 aliphatic rings. The van der Waals surface area contributed by atoms with Crippen LogP contribution in [0.25, 0.3) is 0 Å². The summed E-state index contributed by atoms with van der Waals surface area (Å²) in [6, 6.07) is 18.9. The highest BCUT2D eigenvalue weighted by Crippen LogP contribution is 2.24. The van der Waals surface area contributed by atoms with Crippen molar-refractivity contribution in [3.05, 3.63) is 78.0 Å². The van der Waals surface area contributed by atoms with E-state index in [2.05, 4.69) is 41.6 Å². The maximum Gasteiger partial charge on any atom is 0.255 e. The minimum absolute atomic E-state index is 0.222. The van der Waals surface area contributed by atoms with Crippen molar-refractivity contribution < 1.29 is 9.53 Å². The summed E-state index contributed by atoms with van der Waals surface area (Å²) in [5.74, 6) is 1.49. The topological polar surface area (TPSA) is 63.2 Å². The first-order chi connectivity index (χ1) is 13.1. The van der Waals surface area contributed by atoms with Crippen LogP contribution in [0.15, 0.2) is 66.9 Å². The Labute approximate surface area is 159 Å². The molecule has 3 aromatic rings. The number of benzene rings is 2. The lowest BCUT2D eigenvalue weighted by atomic mass is 10.0. The number of hydrogen-bond acceptors (Lipinski definition) is 4. The number of nitrogens with one attached hydrogen (secondary N) is 2. The molecule has 0 saturated heterocycles. The van der Waals surface area contributed by atoms with Gasteiger partial charge >= 0.3 is 0 Å². The number of pyridine rings is 1. The van der Waals surface area contributed by atoms with Gasteiger partial charge in [-0.2, -0.15) is 0 Å². The van der Waals surface area contributed by atoms with Gasteiger partial charge in [0.05, 0.1) is 12.8 Å². The number of para-hydroxylation sites is 2. The second kappa shape index (κ2) is 8.36. The van der Waals surface area contributed by atoms with Crippen LogP contribution in [-0.2, 0) is 0 Å². The van der Waals surface area contributed by atoms with E-state index < -0.39 is 0 Å². The zero-order valence-electron chi connectivity index (χ0n) is 15.7. The Morgan fingerprint density at radius 3 is 2.48 bits per heavy atom. The van der Waals surface area contributed by atoms with E-state index in [0.29, 0.717) is 28.7 Å².